The van der Waals surface area contributed by atoms with Crippen molar-refractivity contribution in [2.24, 2.45) is 0 Å². The first-order valence-corrected chi connectivity index (χ1v) is 11.7. The van der Waals surface area contributed by atoms with Gasteiger partial charge in [-0.3, -0.25) is 0 Å². The summed E-state index contributed by atoms with van der Waals surface area (Å²) in [5.41, 5.74) is 3.87. The third-order valence-corrected chi connectivity index (χ3v) is 5.83. The van der Waals surface area contributed by atoms with Crippen molar-refractivity contribution in [3.63, 3.8) is 0 Å². The molecule has 0 N–H and O–H groups in total. The van der Waals surface area contributed by atoms with E-state index in [1.54, 1.807) is 0 Å². The molecule has 2 radical (unpaired) electrons. The van der Waals surface area contributed by atoms with Crippen molar-refractivity contribution in [2.45, 2.75) is 58.9 Å². The number of aryl methyl sites for hydroxylation is 2. The fraction of sp³-hybridized carbons (Fsp3) is 0.346. The van der Waals surface area contributed by atoms with E-state index >= 15 is 0 Å². The molecule has 0 bridgehead atoms. The summed E-state index contributed by atoms with van der Waals surface area (Å²) in [7, 11) is 5.70. The molecule has 5 heteroatoms. The lowest BCUT2D eigenvalue weighted by atomic mass is 9.92. The maximum Gasteiger partial charge on any atom is 0.103 e. The molecule has 0 saturated carbocycles. The lowest BCUT2D eigenvalue weighted by molar-refractivity contribution is 0.552. The van der Waals surface area contributed by atoms with E-state index in [1.165, 1.54) is 50.2 Å². The van der Waals surface area contributed by atoms with E-state index in [1.807, 2.05) is 61.1 Å². The number of halogens is 2. The van der Waals surface area contributed by atoms with Gasteiger partial charge in [0.15, 0.2) is 0 Å². The van der Waals surface area contributed by atoms with Gasteiger partial charge in [0.1, 0.15) is 7.85 Å². The second-order valence-electron chi connectivity index (χ2n) is 7.54. The van der Waals surface area contributed by atoms with Crippen molar-refractivity contribution >= 4 is 36.6 Å². The van der Waals surface area contributed by atoms with Crippen molar-refractivity contribution in [1.82, 2.24) is 9.55 Å². The lowest BCUT2D eigenvalue weighted by Crippen LogP contribution is -1.98. The van der Waals surface area contributed by atoms with Gasteiger partial charge < -0.3 is 4.57 Å². The van der Waals surface area contributed by atoms with Crippen LogP contribution in [0.2, 0.25) is 10.0 Å². The Morgan fingerprint density at radius 3 is 1.94 bits per heavy atom. The predicted molar refractivity (Wildman–Crippen MR) is 136 cm³/mol. The molecule has 0 aliphatic rings. The van der Waals surface area contributed by atoms with E-state index in [0.717, 1.165) is 23.2 Å². The van der Waals surface area contributed by atoms with Gasteiger partial charge in [0.2, 0.25) is 0 Å². The van der Waals surface area contributed by atoms with E-state index in [4.69, 9.17) is 31.0 Å². The molecule has 0 atom stereocenters. The maximum atomic E-state index is 6.16. The first kappa shape index (κ1) is 25.3. The van der Waals surface area contributed by atoms with E-state index in [2.05, 4.69) is 23.4 Å². The van der Waals surface area contributed by atoms with Crippen LogP contribution in [0.5, 0.6) is 0 Å². The summed E-state index contributed by atoms with van der Waals surface area (Å²) in [4.78, 5) is 4.11. The number of imidazole rings is 1. The summed E-state index contributed by atoms with van der Waals surface area (Å²) >= 11 is 12.3. The molecule has 1 aromatic heterocycles. The van der Waals surface area contributed by atoms with Gasteiger partial charge in [-0.2, -0.15) is 0 Å². The number of hydrogen-bond donors (Lipinski definition) is 0. The molecule has 0 saturated heterocycles. The molecule has 3 rings (SSSR count). The highest BCUT2D eigenvalue weighted by molar-refractivity contribution is 6.35. The molecule has 0 amide bonds. The molecule has 2 nitrogen and oxygen atoms in total. The minimum atomic E-state index is 0.657. The molecule has 0 spiro atoms. The summed E-state index contributed by atoms with van der Waals surface area (Å²) in [6.07, 6.45) is 12.0. The molecule has 0 aliphatic carbocycles. The van der Waals surface area contributed by atoms with Gasteiger partial charge in [0.05, 0.1) is 6.33 Å². The van der Waals surface area contributed by atoms with Gasteiger partial charge in [0, 0.05) is 28.5 Å². The largest absolute Gasteiger partial charge is 0.335 e. The van der Waals surface area contributed by atoms with Crippen LogP contribution in [0.15, 0.2) is 67.0 Å². The first-order valence-electron chi connectivity index (χ1n) is 11.0. The van der Waals surface area contributed by atoms with Crippen molar-refractivity contribution in [3.05, 3.63) is 93.9 Å². The number of benzene rings is 2. The van der Waals surface area contributed by atoms with Gasteiger partial charge in [0.25, 0.3) is 0 Å². The zero-order chi connectivity index (χ0) is 22.5. The van der Waals surface area contributed by atoms with E-state index in [0.29, 0.717) is 10.0 Å². The second kappa shape index (κ2) is 14.2. The average Bonchev–Trinajstić information content (AvgIpc) is 3.19. The lowest BCUT2D eigenvalue weighted by Gasteiger charge is -2.11. The molecule has 31 heavy (non-hydrogen) atoms. The van der Waals surface area contributed by atoms with Gasteiger partial charge in [-0.1, -0.05) is 98.6 Å². The van der Waals surface area contributed by atoms with Gasteiger partial charge in [-0.25, -0.2) is 4.98 Å². The molecule has 3 aromatic rings. The minimum absolute atomic E-state index is 0.657. The molecule has 0 unspecified atom stereocenters. The summed E-state index contributed by atoms with van der Waals surface area (Å²) < 4.78 is 2.24. The number of aromatic nitrogens is 2. The fourth-order valence-corrected chi connectivity index (χ4v) is 3.84. The van der Waals surface area contributed by atoms with Crippen LogP contribution in [0, 0.1) is 6.92 Å². The summed E-state index contributed by atoms with van der Waals surface area (Å²) in [6, 6.07) is 15.1. The average molecular weight is 453 g/mol. The fourth-order valence-electron chi connectivity index (χ4n) is 3.37. The number of nitrogens with zero attached hydrogens (tertiary/aromatic N) is 2. The van der Waals surface area contributed by atoms with Gasteiger partial charge >= 0.3 is 0 Å². The third kappa shape index (κ3) is 8.24. The SMILES string of the molecule is CCCCCCCCn1cncc1C.[B]C=C(c1ccccc1Cl)c1ccccc1Cl. The van der Waals surface area contributed by atoms with Crippen LogP contribution >= 0.6 is 23.2 Å². The highest BCUT2D eigenvalue weighted by Gasteiger charge is 2.09. The minimum Gasteiger partial charge on any atom is -0.335 e. The van der Waals surface area contributed by atoms with Crippen molar-refractivity contribution < 1.29 is 0 Å². The Balaban J connectivity index is 0.000000225. The van der Waals surface area contributed by atoms with Crippen LogP contribution in [0.3, 0.4) is 0 Å². The van der Waals surface area contributed by atoms with Crippen LogP contribution in [-0.4, -0.2) is 17.4 Å². The monoisotopic (exact) mass is 452 g/mol. The Bertz CT molecular complexity index is 902. The highest BCUT2D eigenvalue weighted by Crippen LogP contribution is 2.32. The Hall–Kier alpha value is -1.97. The topological polar surface area (TPSA) is 17.8 Å². The Morgan fingerprint density at radius 2 is 1.45 bits per heavy atom. The molecular weight excluding hydrogens is 422 g/mol. The second-order valence-corrected chi connectivity index (χ2v) is 8.35. The Morgan fingerprint density at radius 1 is 0.903 bits per heavy atom. The van der Waals surface area contributed by atoms with Crippen molar-refractivity contribution in [3.8, 4) is 0 Å². The quantitative estimate of drug-likeness (QED) is 0.236. The molecular formula is C26H31BCl2N2. The van der Waals surface area contributed by atoms with Crippen molar-refractivity contribution in [1.29, 1.82) is 0 Å². The molecule has 2 aromatic carbocycles. The summed E-state index contributed by atoms with van der Waals surface area (Å²) in [5.74, 6) is 1.53. The first-order chi connectivity index (χ1) is 15.1. The molecule has 162 valence electrons. The zero-order valence-corrected chi connectivity index (χ0v) is 20.0. The van der Waals surface area contributed by atoms with Crippen LogP contribution in [-0.2, 0) is 6.54 Å². The predicted octanol–water partition coefficient (Wildman–Crippen LogP) is 8.10. The standard InChI is InChI=1S/C14H9BCl2.C12H22N2/c15-9-12(10-5-1-3-7-13(10)16)11-6-2-4-8-14(11)17;1-3-4-5-6-7-8-9-14-11-13-10-12(14)2/h1-9H;10-11H,3-9H2,1-2H3. The van der Waals surface area contributed by atoms with Gasteiger partial charge in [-0.05, 0) is 42.2 Å². The molecule has 1 heterocycles. The van der Waals surface area contributed by atoms with Crippen molar-refractivity contribution in [2.75, 3.05) is 0 Å². The summed E-state index contributed by atoms with van der Waals surface area (Å²) in [6.45, 7) is 5.51. The van der Waals surface area contributed by atoms with E-state index in [-0.39, 0.29) is 0 Å². The van der Waals surface area contributed by atoms with Crippen LogP contribution in [0.4, 0.5) is 0 Å². The van der Waals surface area contributed by atoms with Crippen LogP contribution < -0.4 is 0 Å². The van der Waals surface area contributed by atoms with E-state index < -0.39 is 0 Å². The number of rotatable bonds is 9. The number of unbranched alkanes of at least 4 members (excludes halogenated alkanes) is 5. The third-order valence-electron chi connectivity index (χ3n) is 5.17. The highest BCUT2D eigenvalue weighted by atomic mass is 35.5. The smallest absolute Gasteiger partial charge is 0.103 e. The molecule has 0 fully saturated rings. The number of hydrogen-bond acceptors (Lipinski definition) is 1. The van der Waals surface area contributed by atoms with E-state index in [9.17, 15) is 0 Å². The zero-order valence-electron chi connectivity index (χ0n) is 18.5. The normalized spacial score (nSPS) is 10.3. The Labute approximate surface area is 198 Å². The van der Waals surface area contributed by atoms with Crippen LogP contribution in [0.1, 0.15) is 62.3 Å². The van der Waals surface area contributed by atoms with Gasteiger partial charge in [-0.15, -0.1) is 5.98 Å². The summed E-state index contributed by atoms with van der Waals surface area (Å²) in [5, 5.41) is 1.31. The Kier molecular flexibility index (Phi) is 11.6. The molecule has 0 aliphatic heterocycles. The van der Waals surface area contributed by atoms with Crippen LogP contribution in [0.25, 0.3) is 5.57 Å². The maximum absolute atomic E-state index is 6.16.